The third kappa shape index (κ3) is 3.74. The Balaban J connectivity index is 1.91. The maximum absolute atomic E-state index is 5.16. The molecule has 3 aromatic rings. The van der Waals surface area contributed by atoms with Gasteiger partial charge in [0.2, 0.25) is 0 Å². The lowest BCUT2D eigenvalue weighted by molar-refractivity contribution is 0.415. The minimum atomic E-state index is 0.794. The summed E-state index contributed by atoms with van der Waals surface area (Å²) in [5, 5.41) is 4.55. The summed E-state index contributed by atoms with van der Waals surface area (Å²) in [6, 6.07) is 23.4. The van der Waals surface area contributed by atoms with Crippen molar-refractivity contribution in [2.45, 2.75) is 0 Å². The predicted octanol–water partition coefficient (Wildman–Crippen LogP) is 3.95. The van der Waals surface area contributed by atoms with Crippen LogP contribution in [0.3, 0.4) is 0 Å². The summed E-state index contributed by atoms with van der Waals surface area (Å²) in [5.74, 6) is 0.813. The molecule has 23 heavy (non-hydrogen) atoms. The minimum absolute atomic E-state index is 0.794. The van der Waals surface area contributed by atoms with Crippen molar-refractivity contribution in [1.29, 1.82) is 0 Å². The van der Waals surface area contributed by atoms with E-state index in [1.165, 1.54) is 0 Å². The zero-order valence-corrected chi connectivity index (χ0v) is 12.8. The van der Waals surface area contributed by atoms with Crippen molar-refractivity contribution in [3.63, 3.8) is 0 Å². The zero-order chi connectivity index (χ0) is 15.9. The van der Waals surface area contributed by atoms with E-state index in [2.05, 4.69) is 15.5 Å². The summed E-state index contributed by atoms with van der Waals surface area (Å²) in [4.78, 5) is 4.40. The highest BCUT2D eigenvalue weighted by atomic mass is 16.5. The van der Waals surface area contributed by atoms with Gasteiger partial charge in [0.15, 0.2) is 0 Å². The van der Waals surface area contributed by atoms with Crippen molar-refractivity contribution < 1.29 is 4.74 Å². The number of hydrazone groups is 1. The molecule has 1 N–H and O–H groups in total. The van der Waals surface area contributed by atoms with Gasteiger partial charge in [-0.1, -0.05) is 36.4 Å². The van der Waals surface area contributed by atoms with Gasteiger partial charge in [-0.05, 0) is 36.4 Å². The van der Waals surface area contributed by atoms with Crippen molar-refractivity contribution in [2.75, 3.05) is 12.5 Å². The Morgan fingerprint density at radius 3 is 2.30 bits per heavy atom. The highest BCUT2D eigenvalue weighted by Gasteiger charge is 2.07. The second-order valence-electron chi connectivity index (χ2n) is 4.88. The van der Waals surface area contributed by atoms with Crippen molar-refractivity contribution in [3.8, 4) is 5.75 Å². The third-order valence-electron chi connectivity index (χ3n) is 3.34. The number of hydrogen-bond donors (Lipinski definition) is 1. The highest BCUT2D eigenvalue weighted by Crippen LogP contribution is 2.16. The molecule has 3 rings (SSSR count). The number of nitrogens with zero attached hydrogens (tertiary/aromatic N) is 2. The summed E-state index contributed by atoms with van der Waals surface area (Å²) < 4.78 is 5.16. The number of anilines is 1. The van der Waals surface area contributed by atoms with Gasteiger partial charge in [-0.25, -0.2) is 0 Å². The van der Waals surface area contributed by atoms with E-state index in [-0.39, 0.29) is 0 Å². The van der Waals surface area contributed by atoms with Gasteiger partial charge in [-0.3, -0.25) is 10.4 Å². The molecule has 114 valence electrons. The van der Waals surface area contributed by atoms with E-state index in [4.69, 9.17) is 4.74 Å². The molecule has 0 aliphatic rings. The molecule has 1 heterocycles. The molecule has 0 saturated heterocycles. The molecule has 0 amide bonds. The Hall–Kier alpha value is -3.14. The normalized spacial score (nSPS) is 11.1. The van der Waals surface area contributed by atoms with E-state index in [0.717, 1.165) is 28.4 Å². The van der Waals surface area contributed by atoms with Crippen LogP contribution >= 0.6 is 0 Å². The molecule has 0 spiro atoms. The molecule has 2 aromatic carbocycles. The minimum Gasteiger partial charge on any atom is -0.497 e. The van der Waals surface area contributed by atoms with Crippen LogP contribution in [0.4, 0.5) is 5.69 Å². The molecular formula is C19H17N3O. The van der Waals surface area contributed by atoms with Crippen LogP contribution in [0.1, 0.15) is 11.3 Å². The van der Waals surface area contributed by atoms with E-state index in [1.807, 2.05) is 72.8 Å². The number of aromatic nitrogens is 1. The summed E-state index contributed by atoms with van der Waals surface area (Å²) >= 11 is 0. The first-order valence-electron chi connectivity index (χ1n) is 7.31. The molecule has 4 heteroatoms. The van der Waals surface area contributed by atoms with E-state index in [1.54, 1.807) is 13.3 Å². The molecule has 0 fully saturated rings. The number of ether oxygens (including phenoxy) is 1. The molecule has 0 atom stereocenters. The van der Waals surface area contributed by atoms with Crippen LogP contribution in [0.15, 0.2) is 84.1 Å². The lowest BCUT2D eigenvalue weighted by Gasteiger charge is -2.08. The van der Waals surface area contributed by atoms with Crippen LogP contribution in [-0.2, 0) is 0 Å². The second-order valence-corrected chi connectivity index (χ2v) is 4.88. The second kappa shape index (κ2) is 7.22. The summed E-state index contributed by atoms with van der Waals surface area (Å²) in [6.07, 6.45) is 1.77. The first-order chi connectivity index (χ1) is 11.4. The SMILES string of the molecule is COc1ccc(N/N=C(/c2ccccc2)c2ccccn2)cc1. The lowest BCUT2D eigenvalue weighted by Crippen LogP contribution is -2.08. The predicted molar refractivity (Wildman–Crippen MR) is 92.9 cm³/mol. The molecular weight excluding hydrogens is 286 g/mol. The molecule has 0 aliphatic heterocycles. The van der Waals surface area contributed by atoms with Gasteiger partial charge in [-0.2, -0.15) is 5.10 Å². The molecule has 4 nitrogen and oxygen atoms in total. The van der Waals surface area contributed by atoms with Gasteiger partial charge >= 0.3 is 0 Å². The maximum Gasteiger partial charge on any atom is 0.119 e. The van der Waals surface area contributed by atoms with Crippen molar-refractivity contribution >= 4 is 11.4 Å². The van der Waals surface area contributed by atoms with Gasteiger partial charge in [-0.15, -0.1) is 0 Å². The lowest BCUT2D eigenvalue weighted by atomic mass is 10.1. The Kier molecular flexibility index (Phi) is 4.64. The maximum atomic E-state index is 5.16. The fraction of sp³-hybridized carbons (Fsp3) is 0.0526. The van der Waals surface area contributed by atoms with Crippen LogP contribution in [0.5, 0.6) is 5.75 Å². The Bertz CT molecular complexity index is 727. The zero-order valence-electron chi connectivity index (χ0n) is 12.8. The number of methoxy groups -OCH3 is 1. The van der Waals surface area contributed by atoms with Gasteiger partial charge in [0, 0.05) is 11.8 Å². The van der Waals surface area contributed by atoms with Crippen LogP contribution < -0.4 is 10.2 Å². The largest absolute Gasteiger partial charge is 0.497 e. The number of benzene rings is 2. The van der Waals surface area contributed by atoms with Crippen molar-refractivity contribution in [2.24, 2.45) is 5.10 Å². The molecule has 1 aromatic heterocycles. The number of pyridine rings is 1. The van der Waals surface area contributed by atoms with E-state index >= 15 is 0 Å². The molecule has 0 unspecified atom stereocenters. The fourth-order valence-corrected chi connectivity index (χ4v) is 2.15. The topological polar surface area (TPSA) is 46.5 Å². The molecule has 0 radical (unpaired) electrons. The fourth-order valence-electron chi connectivity index (χ4n) is 2.15. The highest BCUT2D eigenvalue weighted by molar-refractivity contribution is 6.11. The van der Waals surface area contributed by atoms with Crippen molar-refractivity contribution in [3.05, 3.63) is 90.3 Å². The van der Waals surface area contributed by atoms with Crippen molar-refractivity contribution in [1.82, 2.24) is 4.98 Å². The molecule has 0 bridgehead atoms. The van der Waals surface area contributed by atoms with Crippen LogP contribution in [0, 0.1) is 0 Å². The summed E-state index contributed by atoms with van der Waals surface area (Å²) in [6.45, 7) is 0. The number of rotatable bonds is 5. The van der Waals surface area contributed by atoms with Crippen LogP contribution in [0.25, 0.3) is 0 Å². The Labute approximate surface area is 135 Å². The van der Waals surface area contributed by atoms with E-state index in [0.29, 0.717) is 0 Å². The van der Waals surface area contributed by atoms with E-state index in [9.17, 15) is 0 Å². The van der Waals surface area contributed by atoms with E-state index < -0.39 is 0 Å². The quantitative estimate of drug-likeness (QED) is 0.573. The molecule has 0 aliphatic carbocycles. The first-order valence-corrected chi connectivity index (χ1v) is 7.31. The monoisotopic (exact) mass is 303 g/mol. The van der Waals surface area contributed by atoms with Crippen LogP contribution in [-0.4, -0.2) is 17.8 Å². The first kappa shape index (κ1) is 14.8. The van der Waals surface area contributed by atoms with Gasteiger partial charge in [0.1, 0.15) is 11.5 Å². The number of nitrogens with one attached hydrogen (secondary N) is 1. The third-order valence-corrected chi connectivity index (χ3v) is 3.34. The van der Waals surface area contributed by atoms with Gasteiger partial charge in [0.25, 0.3) is 0 Å². The average Bonchev–Trinajstić information content (AvgIpc) is 2.64. The van der Waals surface area contributed by atoms with Crippen LogP contribution in [0.2, 0.25) is 0 Å². The van der Waals surface area contributed by atoms with Gasteiger partial charge < -0.3 is 4.74 Å². The number of hydrogen-bond acceptors (Lipinski definition) is 4. The standard InChI is InChI=1S/C19H17N3O/c1-23-17-12-10-16(11-13-17)21-22-19(15-7-3-2-4-8-15)18-9-5-6-14-20-18/h2-14,21H,1H3/b22-19-. The summed E-state index contributed by atoms with van der Waals surface area (Å²) in [7, 11) is 1.65. The Morgan fingerprint density at radius 2 is 1.65 bits per heavy atom. The smallest absolute Gasteiger partial charge is 0.119 e. The average molecular weight is 303 g/mol. The summed E-state index contributed by atoms with van der Waals surface area (Å²) in [5.41, 5.74) is 6.59. The molecule has 0 saturated carbocycles. The van der Waals surface area contributed by atoms with Gasteiger partial charge in [0.05, 0.1) is 18.5 Å². The Morgan fingerprint density at radius 1 is 0.913 bits per heavy atom.